The second kappa shape index (κ2) is 4.35. The van der Waals surface area contributed by atoms with E-state index in [1.165, 1.54) is 26.2 Å². The Morgan fingerprint density at radius 2 is 1.88 bits per heavy atom. The Morgan fingerprint density at radius 1 is 1.24 bits per heavy atom. The minimum Gasteiger partial charge on any atom is -0.316 e. The molecule has 0 amide bonds. The van der Waals surface area contributed by atoms with E-state index in [1.54, 1.807) is 12.4 Å². The summed E-state index contributed by atoms with van der Waals surface area (Å²) in [7, 11) is 0. The van der Waals surface area contributed by atoms with Crippen molar-refractivity contribution in [3.63, 3.8) is 0 Å². The minimum absolute atomic E-state index is 0.397. The largest absolute Gasteiger partial charge is 0.316 e. The van der Waals surface area contributed by atoms with E-state index in [9.17, 15) is 0 Å². The van der Waals surface area contributed by atoms with Gasteiger partial charge in [0.2, 0.25) is 0 Å². The molecule has 1 N–H and O–H groups in total. The summed E-state index contributed by atoms with van der Waals surface area (Å²) in [5, 5.41) is 3.48. The van der Waals surface area contributed by atoms with Crippen molar-refractivity contribution in [1.82, 2.24) is 20.2 Å². The number of fused-ring (bicyclic) bond motifs is 1. The highest BCUT2D eigenvalue weighted by Crippen LogP contribution is 2.32. The van der Waals surface area contributed by atoms with Gasteiger partial charge in [-0.05, 0) is 38.8 Å². The van der Waals surface area contributed by atoms with Crippen LogP contribution in [0.2, 0.25) is 0 Å². The standard InChI is InChI=1S/C13H20N4/c1-9-13(16-4-3-15-9)10(2)17-7-11-5-14-6-12(11)8-17/h3-4,10-12,14H,5-8H2,1-2H3. The van der Waals surface area contributed by atoms with Gasteiger partial charge in [-0.15, -0.1) is 0 Å². The Labute approximate surface area is 102 Å². The molecule has 2 aliphatic rings. The Hall–Kier alpha value is -1.00. The Balaban J connectivity index is 1.75. The van der Waals surface area contributed by atoms with E-state index < -0.39 is 0 Å². The number of nitrogens with one attached hydrogen (secondary N) is 1. The van der Waals surface area contributed by atoms with Crippen LogP contribution in [0.25, 0.3) is 0 Å². The lowest BCUT2D eigenvalue weighted by molar-refractivity contribution is 0.238. The van der Waals surface area contributed by atoms with E-state index in [0.717, 1.165) is 23.2 Å². The number of hydrogen-bond acceptors (Lipinski definition) is 4. The van der Waals surface area contributed by atoms with Crippen LogP contribution >= 0.6 is 0 Å². The summed E-state index contributed by atoms with van der Waals surface area (Å²) < 4.78 is 0. The summed E-state index contributed by atoms with van der Waals surface area (Å²) >= 11 is 0. The maximum Gasteiger partial charge on any atom is 0.0784 e. The maximum absolute atomic E-state index is 4.50. The highest BCUT2D eigenvalue weighted by molar-refractivity contribution is 5.13. The number of nitrogens with zero attached hydrogens (tertiary/aromatic N) is 3. The van der Waals surface area contributed by atoms with E-state index in [-0.39, 0.29) is 0 Å². The van der Waals surface area contributed by atoms with Crippen molar-refractivity contribution in [3.05, 3.63) is 23.8 Å². The number of aromatic nitrogens is 2. The molecule has 2 fully saturated rings. The fourth-order valence-electron chi connectivity index (χ4n) is 3.21. The van der Waals surface area contributed by atoms with E-state index in [2.05, 4.69) is 34.0 Å². The molecule has 0 aliphatic carbocycles. The lowest BCUT2D eigenvalue weighted by Gasteiger charge is -2.25. The average molecular weight is 232 g/mol. The van der Waals surface area contributed by atoms with Gasteiger partial charge in [-0.2, -0.15) is 0 Å². The monoisotopic (exact) mass is 232 g/mol. The van der Waals surface area contributed by atoms with Crippen molar-refractivity contribution in [2.45, 2.75) is 19.9 Å². The van der Waals surface area contributed by atoms with Crippen LogP contribution in [-0.2, 0) is 0 Å². The molecule has 2 saturated heterocycles. The topological polar surface area (TPSA) is 41.1 Å². The molecule has 0 spiro atoms. The number of likely N-dealkylation sites (tertiary alicyclic amines) is 1. The number of rotatable bonds is 2. The van der Waals surface area contributed by atoms with E-state index in [0.29, 0.717) is 6.04 Å². The fraction of sp³-hybridized carbons (Fsp3) is 0.692. The second-order valence-corrected chi connectivity index (χ2v) is 5.34. The lowest BCUT2D eigenvalue weighted by Crippen LogP contribution is -2.29. The highest BCUT2D eigenvalue weighted by Gasteiger charge is 2.38. The Bertz CT molecular complexity index is 394. The molecular weight excluding hydrogens is 212 g/mol. The third-order valence-electron chi connectivity index (χ3n) is 4.28. The van der Waals surface area contributed by atoms with Crippen molar-refractivity contribution in [2.75, 3.05) is 26.2 Å². The molecule has 2 aliphatic heterocycles. The molecule has 3 atom stereocenters. The van der Waals surface area contributed by atoms with Crippen molar-refractivity contribution >= 4 is 0 Å². The third-order valence-corrected chi connectivity index (χ3v) is 4.28. The number of hydrogen-bond donors (Lipinski definition) is 1. The van der Waals surface area contributed by atoms with Crippen LogP contribution in [0, 0.1) is 18.8 Å². The third kappa shape index (κ3) is 1.96. The molecule has 0 aromatic carbocycles. The summed E-state index contributed by atoms with van der Waals surface area (Å²) in [6.07, 6.45) is 3.57. The zero-order valence-corrected chi connectivity index (χ0v) is 10.6. The van der Waals surface area contributed by atoms with Crippen LogP contribution in [0.3, 0.4) is 0 Å². The van der Waals surface area contributed by atoms with Gasteiger partial charge in [-0.25, -0.2) is 0 Å². The van der Waals surface area contributed by atoms with Gasteiger partial charge < -0.3 is 5.32 Å². The van der Waals surface area contributed by atoms with Gasteiger partial charge in [0, 0.05) is 25.5 Å². The predicted octanol–water partition coefficient (Wildman–Crippen LogP) is 0.997. The van der Waals surface area contributed by atoms with Crippen molar-refractivity contribution in [2.24, 2.45) is 11.8 Å². The first-order valence-electron chi connectivity index (χ1n) is 6.48. The SMILES string of the molecule is Cc1nccnc1C(C)N1CC2CNCC2C1. The van der Waals surface area contributed by atoms with Crippen LogP contribution < -0.4 is 5.32 Å². The van der Waals surface area contributed by atoms with Crippen LogP contribution in [0.5, 0.6) is 0 Å². The molecule has 1 aromatic heterocycles. The van der Waals surface area contributed by atoms with Crippen molar-refractivity contribution < 1.29 is 0 Å². The first kappa shape index (κ1) is 11.1. The summed E-state index contributed by atoms with van der Waals surface area (Å²) in [4.78, 5) is 11.4. The quantitative estimate of drug-likeness (QED) is 0.826. The van der Waals surface area contributed by atoms with Gasteiger partial charge in [0.25, 0.3) is 0 Å². The van der Waals surface area contributed by atoms with E-state index in [4.69, 9.17) is 0 Å². The molecule has 0 radical (unpaired) electrons. The summed E-state index contributed by atoms with van der Waals surface area (Å²) in [6, 6.07) is 0.397. The van der Waals surface area contributed by atoms with Gasteiger partial charge in [-0.1, -0.05) is 0 Å². The number of aryl methyl sites for hydroxylation is 1. The van der Waals surface area contributed by atoms with Gasteiger partial charge in [0.15, 0.2) is 0 Å². The van der Waals surface area contributed by atoms with Crippen molar-refractivity contribution in [3.8, 4) is 0 Å². The minimum atomic E-state index is 0.397. The van der Waals surface area contributed by atoms with Gasteiger partial charge in [-0.3, -0.25) is 14.9 Å². The maximum atomic E-state index is 4.50. The molecule has 4 heteroatoms. The normalized spacial score (nSPS) is 30.5. The molecule has 17 heavy (non-hydrogen) atoms. The second-order valence-electron chi connectivity index (χ2n) is 5.34. The Morgan fingerprint density at radius 3 is 2.53 bits per heavy atom. The van der Waals surface area contributed by atoms with Gasteiger partial charge in [0.1, 0.15) is 0 Å². The average Bonchev–Trinajstić information content (AvgIpc) is 2.88. The zero-order chi connectivity index (χ0) is 11.8. The van der Waals surface area contributed by atoms with Crippen LogP contribution in [0.1, 0.15) is 24.4 Å². The first-order valence-corrected chi connectivity index (χ1v) is 6.48. The summed E-state index contributed by atoms with van der Waals surface area (Å²) in [5.41, 5.74) is 2.20. The molecule has 3 heterocycles. The molecule has 3 rings (SSSR count). The molecule has 0 bridgehead atoms. The van der Waals surface area contributed by atoms with Crippen LogP contribution in [0.4, 0.5) is 0 Å². The van der Waals surface area contributed by atoms with Crippen molar-refractivity contribution in [1.29, 1.82) is 0 Å². The molecule has 3 unspecified atom stereocenters. The molecule has 4 nitrogen and oxygen atoms in total. The first-order chi connectivity index (χ1) is 8.25. The van der Waals surface area contributed by atoms with Crippen LogP contribution in [-0.4, -0.2) is 41.0 Å². The lowest BCUT2D eigenvalue weighted by atomic mass is 10.0. The smallest absolute Gasteiger partial charge is 0.0784 e. The summed E-state index contributed by atoms with van der Waals surface area (Å²) in [6.45, 7) is 9.09. The Kier molecular flexibility index (Phi) is 2.84. The highest BCUT2D eigenvalue weighted by atomic mass is 15.2. The van der Waals surface area contributed by atoms with E-state index in [1.807, 2.05) is 0 Å². The molecular formula is C13H20N4. The molecule has 1 aromatic rings. The van der Waals surface area contributed by atoms with E-state index >= 15 is 0 Å². The van der Waals surface area contributed by atoms with Gasteiger partial charge >= 0.3 is 0 Å². The molecule has 0 saturated carbocycles. The summed E-state index contributed by atoms with van der Waals surface area (Å²) in [5.74, 6) is 1.68. The van der Waals surface area contributed by atoms with Gasteiger partial charge in [0.05, 0.1) is 17.4 Å². The molecule has 92 valence electrons. The fourth-order valence-corrected chi connectivity index (χ4v) is 3.21. The zero-order valence-electron chi connectivity index (χ0n) is 10.6. The van der Waals surface area contributed by atoms with Crippen LogP contribution in [0.15, 0.2) is 12.4 Å². The predicted molar refractivity (Wildman–Crippen MR) is 66.6 cm³/mol.